The van der Waals surface area contributed by atoms with Gasteiger partial charge in [-0.1, -0.05) is 51.4 Å². The molecule has 0 bridgehead atoms. The summed E-state index contributed by atoms with van der Waals surface area (Å²) in [5.41, 5.74) is 1.45. The maximum atomic E-state index is 5.18. The second-order valence-corrected chi connectivity index (χ2v) is 5.44. The van der Waals surface area contributed by atoms with Gasteiger partial charge in [0, 0.05) is 10.8 Å². The minimum absolute atomic E-state index is 0.234. The molecule has 0 fully saturated rings. The monoisotopic (exact) mass is 241 g/mol. The molecule has 3 heteroatoms. The van der Waals surface area contributed by atoms with Gasteiger partial charge in [0.25, 0.3) is 5.19 Å². The standard InChI is InChI=1S/C13H23NOS/c1-5-7-9-13(3,8-6-2)11-10-16-12(14-11)15-4/h10H,5-9H2,1-4H3. The van der Waals surface area contributed by atoms with Crippen molar-refractivity contribution in [3.05, 3.63) is 11.1 Å². The van der Waals surface area contributed by atoms with E-state index in [0.717, 1.165) is 5.19 Å². The highest BCUT2D eigenvalue weighted by Gasteiger charge is 2.27. The Kier molecular flexibility index (Phi) is 5.26. The van der Waals surface area contributed by atoms with E-state index in [1.807, 2.05) is 0 Å². The maximum absolute atomic E-state index is 5.18. The summed E-state index contributed by atoms with van der Waals surface area (Å²) in [6.45, 7) is 6.82. The summed E-state index contributed by atoms with van der Waals surface area (Å²) in [5.74, 6) is 0. The zero-order valence-corrected chi connectivity index (χ0v) is 11.7. The topological polar surface area (TPSA) is 22.1 Å². The van der Waals surface area contributed by atoms with Crippen LogP contribution in [-0.4, -0.2) is 12.1 Å². The number of methoxy groups -OCH3 is 1. The predicted octanol–water partition coefficient (Wildman–Crippen LogP) is 4.40. The van der Waals surface area contributed by atoms with Crippen LogP contribution in [0.15, 0.2) is 5.38 Å². The van der Waals surface area contributed by atoms with Crippen molar-refractivity contribution < 1.29 is 4.74 Å². The molecule has 0 N–H and O–H groups in total. The van der Waals surface area contributed by atoms with Gasteiger partial charge in [-0.2, -0.15) is 0 Å². The van der Waals surface area contributed by atoms with E-state index >= 15 is 0 Å². The van der Waals surface area contributed by atoms with Crippen LogP contribution in [0.1, 0.15) is 58.6 Å². The van der Waals surface area contributed by atoms with Gasteiger partial charge in [0.15, 0.2) is 0 Å². The third-order valence-electron chi connectivity index (χ3n) is 3.16. The molecule has 1 aromatic heterocycles. The van der Waals surface area contributed by atoms with Gasteiger partial charge in [-0.3, -0.25) is 0 Å². The normalized spacial score (nSPS) is 14.8. The molecule has 1 atom stereocenters. The van der Waals surface area contributed by atoms with Crippen molar-refractivity contribution in [1.29, 1.82) is 0 Å². The van der Waals surface area contributed by atoms with Crippen LogP contribution in [0.2, 0.25) is 0 Å². The molecular formula is C13H23NOS. The third kappa shape index (κ3) is 3.21. The van der Waals surface area contributed by atoms with Crippen LogP contribution in [-0.2, 0) is 5.41 Å². The summed E-state index contributed by atoms with van der Waals surface area (Å²) in [4.78, 5) is 4.57. The van der Waals surface area contributed by atoms with Gasteiger partial charge >= 0.3 is 0 Å². The van der Waals surface area contributed by atoms with Crippen molar-refractivity contribution in [2.75, 3.05) is 7.11 Å². The average molecular weight is 241 g/mol. The Labute approximate surface area is 103 Å². The lowest BCUT2D eigenvalue weighted by molar-refractivity contribution is 0.364. The Balaban J connectivity index is 2.82. The van der Waals surface area contributed by atoms with Gasteiger partial charge in [-0.25, -0.2) is 4.98 Å². The Morgan fingerprint density at radius 3 is 2.56 bits per heavy atom. The van der Waals surface area contributed by atoms with E-state index in [9.17, 15) is 0 Å². The molecule has 0 aromatic carbocycles. The summed E-state index contributed by atoms with van der Waals surface area (Å²) in [5, 5.41) is 2.94. The summed E-state index contributed by atoms with van der Waals surface area (Å²) < 4.78 is 5.18. The molecule has 92 valence electrons. The Bertz CT molecular complexity index is 311. The number of nitrogens with zero attached hydrogens (tertiary/aromatic N) is 1. The highest BCUT2D eigenvalue weighted by atomic mass is 32.1. The van der Waals surface area contributed by atoms with E-state index in [1.54, 1.807) is 18.4 Å². The first-order valence-electron chi connectivity index (χ1n) is 6.16. The van der Waals surface area contributed by atoms with Gasteiger partial charge in [0.2, 0.25) is 0 Å². The maximum Gasteiger partial charge on any atom is 0.273 e. The lowest BCUT2D eigenvalue weighted by Gasteiger charge is -2.27. The molecule has 0 amide bonds. The molecule has 0 aliphatic heterocycles. The molecule has 0 aliphatic rings. The Morgan fingerprint density at radius 2 is 2.06 bits per heavy atom. The quantitative estimate of drug-likeness (QED) is 0.706. The number of unbranched alkanes of at least 4 members (excludes halogenated alkanes) is 1. The van der Waals surface area contributed by atoms with Gasteiger partial charge in [-0.15, -0.1) is 0 Å². The van der Waals surface area contributed by atoms with Crippen molar-refractivity contribution in [3.63, 3.8) is 0 Å². The Hall–Kier alpha value is -0.570. The van der Waals surface area contributed by atoms with E-state index in [2.05, 4.69) is 31.1 Å². The molecule has 1 rings (SSSR count). The lowest BCUT2D eigenvalue weighted by atomic mass is 9.78. The fraction of sp³-hybridized carbons (Fsp3) is 0.769. The molecule has 2 nitrogen and oxygen atoms in total. The molecule has 1 unspecified atom stereocenters. The summed E-state index contributed by atoms with van der Waals surface area (Å²) in [6.07, 6.45) is 6.17. The predicted molar refractivity (Wildman–Crippen MR) is 70.5 cm³/mol. The molecule has 0 saturated carbocycles. The van der Waals surface area contributed by atoms with Crippen molar-refractivity contribution in [3.8, 4) is 5.19 Å². The number of thiazole rings is 1. The van der Waals surface area contributed by atoms with Crippen molar-refractivity contribution in [2.24, 2.45) is 0 Å². The summed E-state index contributed by atoms with van der Waals surface area (Å²) in [6, 6.07) is 0. The van der Waals surface area contributed by atoms with Crippen LogP contribution in [0.3, 0.4) is 0 Å². The van der Waals surface area contributed by atoms with E-state index in [0.29, 0.717) is 0 Å². The SMILES string of the molecule is CCCCC(C)(CCC)c1csc(OC)n1. The van der Waals surface area contributed by atoms with E-state index in [1.165, 1.54) is 37.8 Å². The largest absolute Gasteiger partial charge is 0.473 e. The van der Waals surface area contributed by atoms with Crippen LogP contribution in [0.4, 0.5) is 0 Å². The molecule has 16 heavy (non-hydrogen) atoms. The third-order valence-corrected chi connectivity index (χ3v) is 3.96. The van der Waals surface area contributed by atoms with Crippen molar-refractivity contribution >= 4 is 11.3 Å². The number of hydrogen-bond acceptors (Lipinski definition) is 3. The zero-order chi connectivity index (χ0) is 12.0. The number of hydrogen-bond donors (Lipinski definition) is 0. The fourth-order valence-corrected chi connectivity index (χ4v) is 2.93. The first kappa shape index (κ1) is 13.5. The average Bonchev–Trinajstić information content (AvgIpc) is 2.76. The Morgan fingerprint density at radius 1 is 1.31 bits per heavy atom. The van der Waals surface area contributed by atoms with Gasteiger partial charge in [0.1, 0.15) is 0 Å². The second-order valence-electron chi connectivity index (χ2n) is 4.62. The molecule has 1 aromatic rings. The van der Waals surface area contributed by atoms with Crippen LogP contribution >= 0.6 is 11.3 Å². The molecular weight excluding hydrogens is 218 g/mol. The molecule has 1 heterocycles. The van der Waals surface area contributed by atoms with E-state index in [4.69, 9.17) is 4.74 Å². The van der Waals surface area contributed by atoms with Gasteiger partial charge in [0.05, 0.1) is 12.8 Å². The first-order valence-corrected chi connectivity index (χ1v) is 7.04. The highest BCUT2D eigenvalue weighted by molar-refractivity contribution is 7.11. The molecule has 0 saturated heterocycles. The highest BCUT2D eigenvalue weighted by Crippen LogP contribution is 2.36. The fourth-order valence-electron chi connectivity index (χ4n) is 2.13. The second kappa shape index (κ2) is 6.24. The summed E-state index contributed by atoms with van der Waals surface area (Å²) >= 11 is 1.60. The van der Waals surface area contributed by atoms with E-state index < -0.39 is 0 Å². The van der Waals surface area contributed by atoms with Crippen LogP contribution in [0.25, 0.3) is 0 Å². The number of rotatable bonds is 7. The van der Waals surface area contributed by atoms with Crippen LogP contribution < -0.4 is 4.74 Å². The minimum Gasteiger partial charge on any atom is -0.473 e. The first-order chi connectivity index (χ1) is 7.66. The zero-order valence-electron chi connectivity index (χ0n) is 10.9. The smallest absolute Gasteiger partial charge is 0.273 e. The summed E-state index contributed by atoms with van der Waals surface area (Å²) in [7, 11) is 1.69. The van der Waals surface area contributed by atoms with Gasteiger partial charge in [-0.05, 0) is 12.8 Å². The van der Waals surface area contributed by atoms with Crippen LogP contribution in [0, 0.1) is 0 Å². The molecule has 0 aliphatic carbocycles. The minimum atomic E-state index is 0.234. The van der Waals surface area contributed by atoms with Gasteiger partial charge < -0.3 is 4.74 Å². The molecule has 0 spiro atoms. The number of ether oxygens (including phenoxy) is 1. The van der Waals surface area contributed by atoms with Crippen molar-refractivity contribution in [1.82, 2.24) is 4.98 Å². The lowest BCUT2D eigenvalue weighted by Crippen LogP contribution is -2.22. The molecule has 0 radical (unpaired) electrons. The van der Waals surface area contributed by atoms with Crippen molar-refractivity contribution in [2.45, 2.75) is 58.3 Å². The van der Waals surface area contributed by atoms with Crippen LogP contribution in [0.5, 0.6) is 5.19 Å². The van der Waals surface area contributed by atoms with E-state index in [-0.39, 0.29) is 5.41 Å². The number of aromatic nitrogens is 1.